The Morgan fingerprint density at radius 2 is 2.29 bits per heavy atom. The van der Waals surface area contributed by atoms with Gasteiger partial charge in [0.1, 0.15) is 0 Å². The summed E-state index contributed by atoms with van der Waals surface area (Å²) in [5.41, 5.74) is 2.89. The first-order valence-electron chi connectivity index (χ1n) is 5.09. The summed E-state index contributed by atoms with van der Waals surface area (Å²) in [6.45, 7) is 6.21. The van der Waals surface area contributed by atoms with Gasteiger partial charge in [-0.15, -0.1) is 11.3 Å². The molecule has 2 nitrogen and oxygen atoms in total. The van der Waals surface area contributed by atoms with Crippen LogP contribution < -0.4 is 5.32 Å². The first kappa shape index (κ1) is 10.1. The summed E-state index contributed by atoms with van der Waals surface area (Å²) in [4.78, 5) is 2.98. The fourth-order valence-corrected chi connectivity index (χ4v) is 3.26. The molecule has 0 saturated carbocycles. The van der Waals surface area contributed by atoms with Crippen LogP contribution in [0.5, 0.6) is 0 Å². The molecule has 1 unspecified atom stereocenters. The van der Waals surface area contributed by atoms with E-state index in [1.54, 1.807) is 0 Å². The Bertz CT molecular complexity index is 332. The molecule has 1 N–H and O–H groups in total. The molecule has 0 spiro atoms. The molecule has 14 heavy (non-hydrogen) atoms. The zero-order valence-electron chi connectivity index (χ0n) is 9.02. The van der Waals surface area contributed by atoms with Gasteiger partial charge < -0.3 is 10.1 Å². The van der Waals surface area contributed by atoms with Crippen molar-refractivity contribution in [3.05, 3.63) is 20.9 Å². The van der Waals surface area contributed by atoms with E-state index in [9.17, 15) is 0 Å². The molecule has 2 heterocycles. The normalized spacial score (nSPS) is 20.9. The van der Waals surface area contributed by atoms with Crippen LogP contribution in [0.25, 0.3) is 0 Å². The lowest BCUT2D eigenvalue weighted by molar-refractivity contribution is 0.0446. The van der Waals surface area contributed by atoms with Gasteiger partial charge in [0.25, 0.3) is 0 Å². The predicted octanol–water partition coefficient (Wildman–Crippen LogP) is 2.20. The number of hydrogen-bond acceptors (Lipinski definition) is 3. The molecule has 0 radical (unpaired) electrons. The van der Waals surface area contributed by atoms with Gasteiger partial charge in [-0.05, 0) is 32.0 Å². The van der Waals surface area contributed by atoms with Gasteiger partial charge in [-0.1, -0.05) is 0 Å². The Hall–Kier alpha value is -0.380. The average Bonchev–Trinajstić information content (AvgIpc) is 2.45. The highest BCUT2D eigenvalue weighted by molar-refractivity contribution is 7.12. The van der Waals surface area contributed by atoms with E-state index < -0.39 is 0 Å². The molecule has 2 rings (SSSR count). The Kier molecular flexibility index (Phi) is 2.91. The van der Waals surface area contributed by atoms with Crippen LogP contribution in [0.2, 0.25) is 0 Å². The highest BCUT2D eigenvalue weighted by Crippen LogP contribution is 2.36. The number of hydrogen-bond donors (Lipinski definition) is 1. The van der Waals surface area contributed by atoms with Crippen molar-refractivity contribution in [2.45, 2.75) is 26.4 Å². The molecule has 78 valence electrons. The number of thiophene rings is 1. The molecule has 1 aromatic heterocycles. The number of aryl methyl sites for hydroxylation is 1. The van der Waals surface area contributed by atoms with E-state index in [4.69, 9.17) is 4.74 Å². The maximum absolute atomic E-state index is 5.78. The van der Waals surface area contributed by atoms with E-state index in [-0.39, 0.29) is 6.10 Å². The third-order valence-electron chi connectivity index (χ3n) is 2.87. The minimum absolute atomic E-state index is 0.272. The minimum Gasteiger partial charge on any atom is -0.372 e. The van der Waals surface area contributed by atoms with Crippen molar-refractivity contribution in [3.63, 3.8) is 0 Å². The monoisotopic (exact) mass is 211 g/mol. The summed E-state index contributed by atoms with van der Waals surface area (Å²) in [6.07, 6.45) is 1.36. The predicted molar refractivity (Wildman–Crippen MR) is 60.1 cm³/mol. The SMILES string of the molecule is CNCC1OCCc2sc(C)c(C)c21. The second-order valence-electron chi connectivity index (χ2n) is 3.79. The lowest BCUT2D eigenvalue weighted by Gasteiger charge is -2.24. The number of likely N-dealkylation sites (N-methyl/N-ethyl adjacent to an activating group) is 1. The smallest absolute Gasteiger partial charge is 0.0962 e. The van der Waals surface area contributed by atoms with Crippen molar-refractivity contribution in [2.24, 2.45) is 0 Å². The third-order valence-corrected chi connectivity index (χ3v) is 4.15. The maximum atomic E-state index is 5.78. The molecule has 0 aromatic carbocycles. The van der Waals surface area contributed by atoms with Crippen molar-refractivity contribution in [1.29, 1.82) is 0 Å². The second kappa shape index (κ2) is 4.01. The van der Waals surface area contributed by atoms with Crippen molar-refractivity contribution in [2.75, 3.05) is 20.2 Å². The molecule has 0 bridgehead atoms. The van der Waals surface area contributed by atoms with Crippen LogP contribution in [0, 0.1) is 13.8 Å². The van der Waals surface area contributed by atoms with Crippen LogP contribution in [-0.4, -0.2) is 20.2 Å². The topological polar surface area (TPSA) is 21.3 Å². The fourth-order valence-electron chi connectivity index (χ4n) is 2.05. The summed E-state index contributed by atoms with van der Waals surface area (Å²) in [7, 11) is 1.98. The van der Waals surface area contributed by atoms with E-state index in [1.807, 2.05) is 18.4 Å². The van der Waals surface area contributed by atoms with Crippen molar-refractivity contribution in [1.82, 2.24) is 5.32 Å². The van der Waals surface area contributed by atoms with Gasteiger partial charge in [0.15, 0.2) is 0 Å². The zero-order chi connectivity index (χ0) is 10.1. The Morgan fingerprint density at radius 1 is 1.50 bits per heavy atom. The molecule has 0 aliphatic carbocycles. The van der Waals surface area contributed by atoms with E-state index in [2.05, 4.69) is 19.2 Å². The van der Waals surface area contributed by atoms with Crippen LogP contribution in [0.15, 0.2) is 0 Å². The van der Waals surface area contributed by atoms with E-state index >= 15 is 0 Å². The summed E-state index contributed by atoms with van der Waals surface area (Å²) in [6, 6.07) is 0. The van der Waals surface area contributed by atoms with Crippen LogP contribution in [0.4, 0.5) is 0 Å². The first-order chi connectivity index (χ1) is 6.74. The summed E-state index contributed by atoms with van der Waals surface area (Å²) < 4.78 is 5.78. The largest absolute Gasteiger partial charge is 0.372 e. The quantitative estimate of drug-likeness (QED) is 0.809. The van der Waals surface area contributed by atoms with Gasteiger partial charge in [-0.25, -0.2) is 0 Å². The van der Waals surface area contributed by atoms with Crippen molar-refractivity contribution < 1.29 is 4.74 Å². The summed E-state index contributed by atoms with van der Waals surface area (Å²) in [5.74, 6) is 0. The molecule has 1 atom stereocenters. The molecule has 1 aliphatic rings. The molecule has 0 saturated heterocycles. The van der Waals surface area contributed by atoms with Gasteiger partial charge >= 0.3 is 0 Å². The molecular formula is C11H17NOS. The van der Waals surface area contributed by atoms with Crippen LogP contribution in [-0.2, 0) is 11.2 Å². The van der Waals surface area contributed by atoms with Gasteiger partial charge in [0.2, 0.25) is 0 Å². The zero-order valence-corrected chi connectivity index (χ0v) is 9.83. The Labute approximate surface area is 89.3 Å². The van der Waals surface area contributed by atoms with Crippen LogP contribution in [0.1, 0.15) is 27.0 Å². The number of nitrogens with one attached hydrogen (secondary N) is 1. The van der Waals surface area contributed by atoms with E-state index in [1.165, 1.54) is 20.9 Å². The third kappa shape index (κ3) is 1.60. The highest BCUT2D eigenvalue weighted by Gasteiger charge is 2.25. The number of fused-ring (bicyclic) bond motifs is 1. The van der Waals surface area contributed by atoms with Crippen LogP contribution in [0.3, 0.4) is 0 Å². The van der Waals surface area contributed by atoms with E-state index in [0.717, 1.165) is 19.6 Å². The fraction of sp³-hybridized carbons (Fsp3) is 0.636. The highest BCUT2D eigenvalue weighted by atomic mass is 32.1. The molecule has 0 fully saturated rings. The lowest BCUT2D eigenvalue weighted by atomic mass is 10.0. The second-order valence-corrected chi connectivity index (χ2v) is 5.10. The molecule has 1 aromatic rings. The molecule has 1 aliphatic heterocycles. The van der Waals surface area contributed by atoms with E-state index in [0.29, 0.717) is 0 Å². The van der Waals surface area contributed by atoms with Gasteiger partial charge in [0, 0.05) is 22.7 Å². The van der Waals surface area contributed by atoms with Crippen molar-refractivity contribution in [3.8, 4) is 0 Å². The molecule has 0 amide bonds. The summed E-state index contributed by atoms with van der Waals surface area (Å²) in [5, 5.41) is 3.19. The standard InChI is InChI=1S/C11H17NOS/c1-7-8(2)14-10-4-5-13-9(6-12-3)11(7)10/h9,12H,4-6H2,1-3H3. The first-order valence-corrected chi connectivity index (χ1v) is 5.90. The average molecular weight is 211 g/mol. The van der Waals surface area contributed by atoms with Gasteiger partial charge in [-0.2, -0.15) is 0 Å². The van der Waals surface area contributed by atoms with Crippen molar-refractivity contribution >= 4 is 11.3 Å². The maximum Gasteiger partial charge on any atom is 0.0962 e. The van der Waals surface area contributed by atoms with Gasteiger partial charge in [0.05, 0.1) is 12.7 Å². The number of rotatable bonds is 2. The summed E-state index contributed by atoms with van der Waals surface area (Å²) >= 11 is 1.94. The van der Waals surface area contributed by atoms with Crippen LogP contribution >= 0.6 is 11.3 Å². The number of ether oxygens (including phenoxy) is 1. The minimum atomic E-state index is 0.272. The Balaban J connectivity index is 2.36. The lowest BCUT2D eigenvalue weighted by Crippen LogP contribution is -2.24. The molecule has 3 heteroatoms. The van der Waals surface area contributed by atoms with Gasteiger partial charge in [-0.3, -0.25) is 0 Å². The Morgan fingerprint density at radius 3 is 3.00 bits per heavy atom. The molecular weight excluding hydrogens is 194 g/mol.